The van der Waals surface area contributed by atoms with E-state index in [9.17, 15) is 24.2 Å². The van der Waals surface area contributed by atoms with Crippen LogP contribution in [0.3, 0.4) is 0 Å². The summed E-state index contributed by atoms with van der Waals surface area (Å²) < 4.78 is 17.5. The highest BCUT2D eigenvalue weighted by Gasteiger charge is 2.27. The number of nitrogens with zero attached hydrogens (tertiary/aromatic N) is 4. The van der Waals surface area contributed by atoms with Gasteiger partial charge in [-0.25, -0.2) is 9.07 Å². The number of carboxylic acids is 1. The van der Waals surface area contributed by atoms with Crippen molar-refractivity contribution in [1.82, 2.24) is 19.6 Å². The van der Waals surface area contributed by atoms with Crippen molar-refractivity contribution < 1.29 is 19.4 Å². The van der Waals surface area contributed by atoms with Crippen molar-refractivity contribution in [2.45, 2.75) is 31.9 Å². The SMILES string of the molecule is Cn1cc(-c2ccc(CC[C@@H](O)[C@H](CCn3ncc4ccccc4c3=O)C(=O)O)c(F)c2)cn1. The fraction of sp³-hybridized carbons (Fsp3) is 0.280. The highest BCUT2D eigenvalue weighted by molar-refractivity contribution is 5.80. The molecule has 2 heterocycles. The lowest BCUT2D eigenvalue weighted by Gasteiger charge is -2.19. The first-order chi connectivity index (χ1) is 16.3. The summed E-state index contributed by atoms with van der Waals surface area (Å²) in [6.45, 7) is 0.0475. The van der Waals surface area contributed by atoms with Crippen LogP contribution < -0.4 is 5.56 Å². The average molecular weight is 464 g/mol. The number of carbonyl (C=O) groups is 1. The second kappa shape index (κ2) is 9.96. The third kappa shape index (κ3) is 5.04. The lowest BCUT2D eigenvalue weighted by molar-refractivity contribution is -0.146. The van der Waals surface area contributed by atoms with E-state index >= 15 is 0 Å². The molecule has 0 aliphatic heterocycles. The lowest BCUT2D eigenvalue weighted by Crippen LogP contribution is -2.32. The van der Waals surface area contributed by atoms with Gasteiger partial charge in [-0.05, 0) is 42.5 Å². The van der Waals surface area contributed by atoms with Crippen molar-refractivity contribution in [1.29, 1.82) is 0 Å². The molecule has 2 aromatic carbocycles. The molecule has 176 valence electrons. The highest BCUT2D eigenvalue weighted by atomic mass is 19.1. The molecule has 0 aliphatic carbocycles. The van der Waals surface area contributed by atoms with Crippen LogP contribution in [0.2, 0.25) is 0 Å². The summed E-state index contributed by atoms with van der Waals surface area (Å²) >= 11 is 0. The van der Waals surface area contributed by atoms with Crippen molar-refractivity contribution in [2.75, 3.05) is 0 Å². The number of aromatic nitrogens is 4. The fourth-order valence-corrected chi connectivity index (χ4v) is 4.03. The summed E-state index contributed by atoms with van der Waals surface area (Å²) in [6, 6.07) is 11.8. The largest absolute Gasteiger partial charge is 0.481 e. The Balaban J connectivity index is 1.41. The Morgan fingerprint density at radius 3 is 2.59 bits per heavy atom. The molecule has 8 nitrogen and oxygen atoms in total. The summed E-state index contributed by atoms with van der Waals surface area (Å²) in [5.74, 6) is -2.71. The number of aliphatic hydroxyl groups excluding tert-OH is 1. The van der Waals surface area contributed by atoms with Gasteiger partial charge in [0, 0.05) is 30.7 Å². The van der Waals surface area contributed by atoms with Crippen molar-refractivity contribution >= 4 is 16.7 Å². The van der Waals surface area contributed by atoms with Gasteiger partial charge >= 0.3 is 5.97 Å². The summed E-state index contributed by atoms with van der Waals surface area (Å²) in [5, 5.41) is 29.6. The van der Waals surface area contributed by atoms with Crippen LogP contribution in [0, 0.1) is 11.7 Å². The molecule has 4 aromatic rings. The van der Waals surface area contributed by atoms with E-state index in [0.29, 0.717) is 21.9 Å². The molecular formula is C25H25FN4O4. The Hall–Kier alpha value is -3.85. The van der Waals surface area contributed by atoms with Crippen LogP contribution in [0.15, 0.2) is 65.8 Å². The molecular weight excluding hydrogens is 439 g/mol. The molecule has 4 rings (SSSR count). The molecule has 2 aromatic heterocycles. The topological polar surface area (TPSA) is 110 Å². The number of carboxylic acid groups (broad SMARTS) is 1. The van der Waals surface area contributed by atoms with E-state index in [1.165, 1.54) is 10.7 Å². The Labute approximate surface area is 194 Å². The molecule has 2 N–H and O–H groups in total. The van der Waals surface area contributed by atoms with Crippen molar-refractivity contribution in [3.63, 3.8) is 0 Å². The zero-order valence-corrected chi connectivity index (χ0v) is 18.6. The minimum absolute atomic E-state index is 0.0180. The van der Waals surface area contributed by atoms with Gasteiger partial charge in [0.2, 0.25) is 0 Å². The predicted molar refractivity (Wildman–Crippen MR) is 125 cm³/mol. The van der Waals surface area contributed by atoms with E-state index in [4.69, 9.17) is 0 Å². The third-order valence-electron chi connectivity index (χ3n) is 6.00. The van der Waals surface area contributed by atoms with Gasteiger partial charge in [-0.2, -0.15) is 10.2 Å². The van der Waals surface area contributed by atoms with Gasteiger partial charge in [0.1, 0.15) is 5.82 Å². The number of benzene rings is 2. The number of aliphatic carboxylic acids is 1. The van der Waals surface area contributed by atoms with E-state index in [2.05, 4.69) is 10.2 Å². The Morgan fingerprint density at radius 1 is 1.09 bits per heavy atom. The normalized spacial score (nSPS) is 13.1. The molecule has 0 saturated carbocycles. The minimum Gasteiger partial charge on any atom is -0.481 e. The molecule has 9 heteroatoms. The maximum atomic E-state index is 14.6. The first-order valence-electron chi connectivity index (χ1n) is 11.0. The Morgan fingerprint density at radius 2 is 1.88 bits per heavy atom. The van der Waals surface area contributed by atoms with Gasteiger partial charge < -0.3 is 10.2 Å². The van der Waals surface area contributed by atoms with Crippen LogP contribution in [-0.2, 0) is 24.8 Å². The number of halogens is 1. The molecule has 0 amide bonds. The van der Waals surface area contributed by atoms with Gasteiger partial charge in [-0.3, -0.25) is 14.3 Å². The molecule has 0 aliphatic rings. The molecule has 2 atom stereocenters. The zero-order chi connectivity index (χ0) is 24.2. The molecule has 0 fully saturated rings. The molecule has 0 bridgehead atoms. The maximum absolute atomic E-state index is 14.6. The summed E-state index contributed by atoms with van der Waals surface area (Å²) in [5.41, 5.74) is 1.55. The van der Waals surface area contributed by atoms with Crippen LogP contribution in [-0.4, -0.2) is 41.8 Å². The van der Waals surface area contributed by atoms with Crippen LogP contribution in [0.5, 0.6) is 0 Å². The quantitative estimate of drug-likeness (QED) is 0.394. The second-order valence-electron chi connectivity index (χ2n) is 8.31. The van der Waals surface area contributed by atoms with Crippen LogP contribution in [0.4, 0.5) is 4.39 Å². The van der Waals surface area contributed by atoms with Crippen LogP contribution >= 0.6 is 0 Å². The molecule has 0 saturated heterocycles. The molecule has 0 unspecified atom stereocenters. The van der Waals surface area contributed by atoms with Crippen molar-refractivity contribution in [3.8, 4) is 11.1 Å². The molecule has 34 heavy (non-hydrogen) atoms. The predicted octanol–water partition coefficient (Wildman–Crippen LogP) is 3.02. The minimum atomic E-state index is -1.20. The highest BCUT2D eigenvalue weighted by Crippen LogP contribution is 2.23. The fourth-order valence-electron chi connectivity index (χ4n) is 4.03. The smallest absolute Gasteiger partial charge is 0.309 e. The van der Waals surface area contributed by atoms with E-state index in [0.717, 1.165) is 5.56 Å². The average Bonchev–Trinajstić information content (AvgIpc) is 3.26. The van der Waals surface area contributed by atoms with E-state index < -0.39 is 23.8 Å². The zero-order valence-electron chi connectivity index (χ0n) is 18.6. The van der Waals surface area contributed by atoms with E-state index in [1.807, 2.05) is 0 Å². The summed E-state index contributed by atoms with van der Waals surface area (Å²) in [7, 11) is 1.78. The van der Waals surface area contributed by atoms with Gasteiger partial charge in [0.05, 0.1) is 29.8 Å². The lowest BCUT2D eigenvalue weighted by atomic mass is 9.93. The molecule has 0 radical (unpaired) electrons. The van der Waals surface area contributed by atoms with E-state index in [-0.39, 0.29) is 31.4 Å². The number of fused-ring (bicyclic) bond motifs is 1. The third-order valence-corrected chi connectivity index (χ3v) is 6.00. The van der Waals surface area contributed by atoms with Gasteiger partial charge in [0.15, 0.2) is 0 Å². The maximum Gasteiger partial charge on any atom is 0.309 e. The number of hydrogen-bond acceptors (Lipinski definition) is 5. The summed E-state index contributed by atoms with van der Waals surface area (Å²) in [6.07, 6.45) is 4.05. The number of aliphatic hydroxyl groups is 1. The summed E-state index contributed by atoms with van der Waals surface area (Å²) in [4.78, 5) is 24.4. The standard InChI is InChI=1S/C25H25FN4O4/c1-29-15-19(14-27-29)17-7-6-16(22(26)12-17)8-9-23(31)21(25(33)34)10-11-30-24(32)20-5-3-2-4-18(20)13-28-30/h2-7,12-15,21,23,31H,8-11H2,1H3,(H,33,34)/t21-,23+/m0/s1. The number of rotatable bonds is 9. The first-order valence-corrected chi connectivity index (χ1v) is 11.0. The van der Waals surface area contributed by atoms with Crippen molar-refractivity contribution in [2.24, 2.45) is 13.0 Å². The molecule has 0 spiro atoms. The van der Waals surface area contributed by atoms with Gasteiger partial charge in [-0.1, -0.05) is 30.3 Å². The van der Waals surface area contributed by atoms with E-state index in [1.54, 1.807) is 66.7 Å². The van der Waals surface area contributed by atoms with Gasteiger partial charge in [0.25, 0.3) is 5.56 Å². The Bertz CT molecular complexity index is 1380. The first kappa shape index (κ1) is 23.3. The number of hydrogen-bond donors (Lipinski definition) is 2. The Kier molecular flexibility index (Phi) is 6.83. The van der Waals surface area contributed by atoms with Crippen LogP contribution in [0.25, 0.3) is 21.9 Å². The second-order valence-corrected chi connectivity index (χ2v) is 8.31. The van der Waals surface area contributed by atoms with Crippen LogP contribution in [0.1, 0.15) is 18.4 Å². The van der Waals surface area contributed by atoms with Crippen molar-refractivity contribution in [3.05, 3.63) is 82.8 Å². The monoisotopic (exact) mass is 464 g/mol. The van der Waals surface area contributed by atoms with Gasteiger partial charge in [-0.15, -0.1) is 0 Å². The number of aryl methyl sites for hydroxylation is 3.